The summed E-state index contributed by atoms with van der Waals surface area (Å²) in [5.41, 5.74) is -0.509. The summed E-state index contributed by atoms with van der Waals surface area (Å²) >= 11 is 3.30. The molecule has 0 spiro atoms. The number of hydrogen-bond acceptors (Lipinski definition) is 5. The maximum absolute atomic E-state index is 12.2. The molecule has 2 N–H and O–H groups in total. The molecular weight excluding hydrogens is 338 g/mol. The normalized spacial score (nSPS) is 14.2. The van der Waals surface area contributed by atoms with Crippen molar-refractivity contribution < 1.29 is 9.84 Å². The van der Waals surface area contributed by atoms with E-state index < -0.39 is 5.60 Å². The molecule has 21 heavy (non-hydrogen) atoms. The Morgan fingerprint density at radius 3 is 2.81 bits per heavy atom. The van der Waals surface area contributed by atoms with Crippen LogP contribution in [0, 0.1) is 5.92 Å². The van der Waals surface area contributed by atoms with Crippen molar-refractivity contribution in [1.82, 2.24) is 9.78 Å². The van der Waals surface area contributed by atoms with Crippen molar-refractivity contribution in [2.45, 2.75) is 39.3 Å². The zero-order valence-electron chi connectivity index (χ0n) is 13.0. The molecule has 6 nitrogen and oxygen atoms in total. The number of hydrogen-bond donors (Lipinski definition) is 2. The van der Waals surface area contributed by atoms with Gasteiger partial charge < -0.3 is 15.2 Å². The number of anilines is 1. The van der Waals surface area contributed by atoms with E-state index >= 15 is 0 Å². The summed E-state index contributed by atoms with van der Waals surface area (Å²) in [6, 6.07) is 0. The first kappa shape index (κ1) is 18.1. The third kappa shape index (κ3) is 5.76. The van der Waals surface area contributed by atoms with Crippen LogP contribution in [0.25, 0.3) is 0 Å². The molecule has 0 aliphatic carbocycles. The van der Waals surface area contributed by atoms with Crippen molar-refractivity contribution in [3.63, 3.8) is 0 Å². The zero-order valence-corrected chi connectivity index (χ0v) is 14.6. The Labute approximate surface area is 133 Å². The molecule has 0 aliphatic heterocycles. The molecule has 0 saturated carbocycles. The van der Waals surface area contributed by atoms with Crippen molar-refractivity contribution in [2.75, 3.05) is 25.6 Å². The molecule has 1 rings (SSSR count). The van der Waals surface area contributed by atoms with Crippen LogP contribution in [0.15, 0.2) is 15.5 Å². The van der Waals surface area contributed by atoms with Crippen molar-refractivity contribution >= 4 is 21.6 Å². The molecule has 7 heteroatoms. The Morgan fingerprint density at radius 1 is 1.57 bits per heavy atom. The summed E-state index contributed by atoms with van der Waals surface area (Å²) in [5, 5.41) is 17.4. The number of nitrogens with zero attached hydrogens (tertiary/aromatic N) is 2. The number of aromatic nitrogens is 2. The molecule has 1 aromatic rings. The fourth-order valence-corrected chi connectivity index (χ4v) is 2.21. The molecule has 0 fully saturated rings. The summed E-state index contributed by atoms with van der Waals surface area (Å²) in [7, 11) is 1.60. The van der Waals surface area contributed by atoms with E-state index in [9.17, 15) is 9.90 Å². The lowest BCUT2D eigenvalue weighted by atomic mass is 10.0. The molecule has 0 amide bonds. The maximum Gasteiger partial charge on any atom is 0.283 e. The molecule has 120 valence electrons. The molecule has 1 heterocycles. The minimum Gasteiger partial charge on any atom is -0.388 e. The first-order valence-electron chi connectivity index (χ1n) is 6.97. The largest absolute Gasteiger partial charge is 0.388 e. The molecular formula is C14H24BrN3O3. The van der Waals surface area contributed by atoms with Gasteiger partial charge in [0.05, 0.1) is 17.5 Å². The van der Waals surface area contributed by atoms with Crippen LogP contribution in [-0.4, -0.2) is 40.7 Å². The van der Waals surface area contributed by atoms with Crippen LogP contribution in [0.4, 0.5) is 5.69 Å². The minimum atomic E-state index is -0.914. The van der Waals surface area contributed by atoms with Crippen LogP contribution >= 0.6 is 15.9 Å². The molecule has 0 radical (unpaired) electrons. The quantitative estimate of drug-likeness (QED) is 0.738. The first-order valence-corrected chi connectivity index (χ1v) is 7.77. The van der Waals surface area contributed by atoms with E-state index in [4.69, 9.17) is 4.74 Å². The Bertz CT molecular complexity index is 515. The Morgan fingerprint density at radius 2 is 2.24 bits per heavy atom. The molecule has 1 unspecified atom stereocenters. The van der Waals surface area contributed by atoms with E-state index in [0.717, 1.165) is 0 Å². The van der Waals surface area contributed by atoms with Crippen molar-refractivity contribution in [3.8, 4) is 0 Å². The smallest absolute Gasteiger partial charge is 0.283 e. The van der Waals surface area contributed by atoms with Crippen LogP contribution in [0.2, 0.25) is 0 Å². The van der Waals surface area contributed by atoms with Gasteiger partial charge in [-0.1, -0.05) is 13.8 Å². The molecule has 0 saturated heterocycles. The van der Waals surface area contributed by atoms with Crippen molar-refractivity contribution in [2.24, 2.45) is 5.92 Å². The van der Waals surface area contributed by atoms with Gasteiger partial charge in [0.2, 0.25) is 0 Å². The summed E-state index contributed by atoms with van der Waals surface area (Å²) in [4.78, 5) is 12.2. The average molecular weight is 362 g/mol. The Hall–Kier alpha value is -0.920. The van der Waals surface area contributed by atoms with Crippen LogP contribution in [0.1, 0.15) is 27.2 Å². The predicted octanol–water partition coefficient (Wildman–Crippen LogP) is 1.86. The van der Waals surface area contributed by atoms with Gasteiger partial charge in [-0.2, -0.15) is 5.10 Å². The van der Waals surface area contributed by atoms with Gasteiger partial charge >= 0.3 is 0 Å². The average Bonchev–Trinajstić information content (AvgIpc) is 2.40. The van der Waals surface area contributed by atoms with Gasteiger partial charge in [0.25, 0.3) is 5.56 Å². The van der Waals surface area contributed by atoms with Crippen molar-refractivity contribution in [1.29, 1.82) is 0 Å². The highest BCUT2D eigenvalue weighted by molar-refractivity contribution is 9.10. The fraction of sp³-hybridized carbons (Fsp3) is 0.714. The van der Waals surface area contributed by atoms with Gasteiger partial charge in [0.1, 0.15) is 4.47 Å². The van der Waals surface area contributed by atoms with E-state index in [-0.39, 0.29) is 5.56 Å². The second kappa shape index (κ2) is 7.91. The lowest BCUT2D eigenvalue weighted by Crippen LogP contribution is -2.35. The molecule has 0 aromatic carbocycles. The van der Waals surface area contributed by atoms with Crippen molar-refractivity contribution in [3.05, 3.63) is 21.0 Å². The number of halogens is 1. The molecule has 1 aromatic heterocycles. The number of aliphatic hydroxyl groups is 1. The highest BCUT2D eigenvalue weighted by atomic mass is 79.9. The van der Waals surface area contributed by atoms with Gasteiger partial charge in [0.15, 0.2) is 0 Å². The SMILES string of the molecule is COCCC(C)(O)CNc1cnn(CC(C)C)c(=O)c1Br. The third-order valence-corrected chi connectivity index (χ3v) is 3.79. The van der Waals surface area contributed by atoms with Gasteiger partial charge in [-0.25, -0.2) is 4.68 Å². The van der Waals surface area contributed by atoms with E-state index in [1.54, 1.807) is 20.2 Å². The van der Waals surface area contributed by atoms with Gasteiger partial charge in [-0.3, -0.25) is 4.79 Å². The Balaban J connectivity index is 2.77. The number of methoxy groups -OCH3 is 1. The number of rotatable bonds is 8. The second-order valence-corrected chi connectivity index (χ2v) is 6.64. The van der Waals surface area contributed by atoms with E-state index in [0.29, 0.717) is 42.2 Å². The van der Waals surface area contributed by atoms with E-state index in [2.05, 4.69) is 26.3 Å². The highest BCUT2D eigenvalue weighted by Gasteiger charge is 2.20. The molecule has 1 atom stereocenters. The van der Waals surface area contributed by atoms with Crippen LogP contribution in [0.3, 0.4) is 0 Å². The summed E-state index contributed by atoms with van der Waals surface area (Å²) in [6.07, 6.45) is 2.10. The topological polar surface area (TPSA) is 76.4 Å². The first-order chi connectivity index (χ1) is 9.76. The van der Waals surface area contributed by atoms with Crippen LogP contribution in [0.5, 0.6) is 0 Å². The van der Waals surface area contributed by atoms with E-state index in [1.165, 1.54) is 4.68 Å². The maximum atomic E-state index is 12.2. The molecule has 0 bridgehead atoms. The lowest BCUT2D eigenvalue weighted by Gasteiger charge is -2.24. The predicted molar refractivity (Wildman–Crippen MR) is 86.6 cm³/mol. The third-order valence-electron chi connectivity index (χ3n) is 3.03. The molecule has 0 aliphatic rings. The monoisotopic (exact) mass is 361 g/mol. The van der Waals surface area contributed by atoms with Crippen LogP contribution in [-0.2, 0) is 11.3 Å². The summed E-state index contributed by atoms with van der Waals surface area (Å²) < 4.78 is 6.83. The standard InChI is InChI=1S/C14H24BrN3O3/c1-10(2)8-18-13(19)12(15)11(7-17-18)16-9-14(3,20)5-6-21-4/h7,10,16,20H,5-6,8-9H2,1-4H3. The zero-order chi connectivity index (χ0) is 16.0. The van der Waals surface area contributed by atoms with Crippen LogP contribution < -0.4 is 10.9 Å². The lowest BCUT2D eigenvalue weighted by molar-refractivity contribution is 0.0357. The number of ether oxygens (including phenoxy) is 1. The fourth-order valence-electron chi connectivity index (χ4n) is 1.76. The Kier molecular flexibility index (Phi) is 6.83. The highest BCUT2D eigenvalue weighted by Crippen LogP contribution is 2.18. The summed E-state index contributed by atoms with van der Waals surface area (Å²) in [6.45, 7) is 7.14. The second-order valence-electron chi connectivity index (χ2n) is 5.85. The minimum absolute atomic E-state index is 0.176. The van der Waals surface area contributed by atoms with Gasteiger partial charge in [-0.15, -0.1) is 0 Å². The van der Waals surface area contributed by atoms with E-state index in [1.807, 2.05) is 13.8 Å². The number of nitrogens with one attached hydrogen (secondary N) is 1. The van der Waals surface area contributed by atoms with Gasteiger partial charge in [-0.05, 0) is 28.8 Å². The summed E-state index contributed by atoms with van der Waals surface area (Å²) in [5.74, 6) is 0.343. The van der Waals surface area contributed by atoms with Gasteiger partial charge in [0, 0.05) is 33.2 Å².